The normalized spacial score (nSPS) is 12.8. The molecular weight excluding hydrogens is 839 g/mol. The van der Waals surface area contributed by atoms with Crippen LogP contribution >= 0.6 is 0 Å². The van der Waals surface area contributed by atoms with Crippen LogP contribution in [-0.2, 0) is 6.42 Å². The Hall–Kier alpha value is -9.16. The maximum absolute atomic E-state index is 9.66. The molecule has 2 heterocycles. The molecule has 5 nitrogen and oxygen atoms in total. The van der Waals surface area contributed by atoms with E-state index in [-0.39, 0.29) is 5.92 Å². The molecule has 11 aromatic rings. The minimum atomic E-state index is 0.0773. The van der Waals surface area contributed by atoms with Crippen molar-refractivity contribution in [3.63, 3.8) is 0 Å². The van der Waals surface area contributed by atoms with Gasteiger partial charge in [-0.1, -0.05) is 121 Å². The minimum absolute atomic E-state index is 0.0773. The lowest BCUT2D eigenvalue weighted by Gasteiger charge is -2.26. The Kier molecular flexibility index (Phi) is 10.5. The van der Waals surface area contributed by atoms with E-state index in [2.05, 4.69) is 220 Å². The van der Waals surface area contributed by atoms with Gasteiger partial charge in [0.15, 0.2) is 0 Å². The highest BCUT2D eigenvalue weighted by Gasteiger charge is 2.21. The highest BCUT2D eigenvalue weighted by Crippen LogP contribution is 2.42. The Bertz CT molecular complexity index is 3860. The standard InChI is InChI=1S/C64H45N5/c65-42-45-21-27-49(28-22-45)58(50-31-37-63-59(40-50)56-15-7-9-17-61(56)68(63)51-11-3-1-4-12-51)39-44-19-25-47(26-20-44)48-29-34-54(35-30-48)67(53-32-23-46(43-66)24-33-53)55-36-38-64-60(41-55)57-16-8-10-18-62(57)69(64)52-13-5-2-6-14-52/h1-3,5-11,13-38,40-41,58H,4,12,39H2. The third-order valence-corrected chi connectivity index (χ3v) is 13.9. The van der Waals surface area contributed by atoms with Crippen LogP contribution in [0.1, 0.15) is 46.6 Å². The Morgan fingerprint density at radius 1 is 0.464 bits per heavy atom. The van der Waals surface area contributed by atoms with Crippen LogP contribution in [0.5, 0.6) is 0 Å². The summed E-state index contributed by atoms with van der Waals surface area (Å²) in [6, 6.07) is 79.9. The molecule has 2 aromatic heterocycles. The molecule has 0 fully saturated rings. The minimum Gasteiger partial charge on any atom is -0.313 e. The van der Waals surface area contributed by atoms with Crippen LogP contribution in [0.2, 0.25) is 0 Å². The van der Waals surface area contributed by atoms with Crippen molar-refractivity contribution >= 4 is 66.4 Å². The average molecular weight is 884 g/mol. The molecule has 0 amide bonds. The lowest BCUT2D eigenvalue weighted by Crippen LogP contribution is -2.10. The van der Waals surface area contributed by atoms with Gasteiger partial charge in [0.25, 0.3) is 0 Å². The van der Waals surface area contributed by atoms with Gasteiger partial charge in [0.2, 0.25) is 0 Å². The first-order chi connectivity index (χ1) is 34.1. The summed E-state index contributed by atoms with van der Waals surface area (Å²) >= 11 is 0. The average Bonchev–Trinajstić information content (AvgIpc) is 3.94. The summed E-state index contributed by atoms with van der Waals surface area (Å²) in [7, 11) is 0. The largest absolute Gasteiger partial charge is 0.313 e. The van der Waals surface area contributed by atoms with E-state index in [0.29, 0.717) is 11.1 Å². The maximum atomic E-state index is 9.66. The van der Waals surface area contributed by atoms with Crippen molar-refractivity contribution in [3.05, 3.63) is 258 Å². The number of nitriles is 2. The molecule has 1 aliphatic carbocycles. The molecule has 69 heavy (non-hydrogen) atoms. The van der Waals surface area contributed by atoms with Crippen LogP contribution in [0, 0.1) is 22.7 Å². The Labute approximate surface area is 401 Å². The third-order valence-electron chi connectivity index (χ3n) is 13.9. The lowest BCUT2D eigenvalue weighted by atomic mass is 9.84. The number of benzene rings is 9. The highest BCUT2D eigenvalue weighted by molar-refractivity contribution is 6.11. The number of nitrogens with zero attached hydrogens (tertiary/aromatic N) is 5. The molecule has 1 aliphatic rings. The fourth-order valence-electron chi connectivity index (χ4n) is 10.5. The van der Waals surface area contributed by atoms with Gasteiger partial charge in [0.05, 0.1) is 45.3 Å². The third kappa shape index (κ3) is 7.53. The summed E-state index contributed by atoms with van der Waals surface area (Å²) in [6.07, 6.45) is 9.53. The quantitative estimate of drug-likeness (QED) is 0.137. The van der Waals surface area contributed by atoms with Crippen molar-refractivity contribution in [2.24, 2.45) is 0 Å². The predicted molar refractivity (Wildman–Crippen MR) is 284 cm³/mol. The smallest absolute Gasteiger partial charge is 0.0991 e. The van der Waals surface area contributed by atoms with Gasteiger partial charge in [-0.3, -0.25) is 0 Å². The summed E-state index contributed by atoms with van der Waals surface area (Å²) in [5.41, 5.74) is 17.4. The van der Waals surface area contributed by atoms with Crippen molar-refractivity contribution in [2.75, 3.05) is 4.90 Å². The first kappa shape index (κ1) is 41.3. The fraction of sp³-hybridized carbons (Fsp3) is 0.0625. The SMILES string of the molecule is N#Cc1ccc(C(Cc2ccc(-c3ccc(N(c4ccc(C#N)cc4)c4ccc5c(c4)c4ccccc4n5-c4ccccc4)cc3)cc2)c2ccc3c(c2)c2ccccc2n3C2=CC=CCC2)cc1. The van der Waals surface area contributed by atoms with Gasteiger partial charge in [-0.25, -0.2) is 0 Å². The molecule has 0 spiro atoms. The van der Waals surface area contributed by atoms with E-state index in [1.54, 1.807) is 0 Å². The number of allylic oxidation sites excluding steroid dienone is 4. The van der Waals surface area contributed by atoms with Crippen molar-refractivity contribution in [1.82, 2.24) is 9.13 Å². The Balaban J connectivity index is 0.875. The van der Waals surface area contributed by atoms with Gasteiger partial charge in [0, 0.05) is 55.9 Å². The van der Waals surface area contributed by atoms with E-state index in [4.69, 9.17) is 0 Å². The molecule has 5 heteroatoms. The number of hydrogen-bond donors (Lipinski definition) is 0. The zero-order valence-corrected chi connectivity index (χ0v) is 37.9. The second kappa shape index (κ2) is 17.6. The molecular formula is C64H45N5. The van der Waals surface area contributed by atoms with Gasteiger partial charge in [-0.15, -0.1) is 0 Å². The summed E-state index contributed by atoms with van der Waals surface area (Å²) in [6.45, 7) is 0. The molecule has 0 aliphatic heterocycles. The summed E-state index contributed by atoms with van der Waals surface area (Å²) < 4.78 is 4.78. The first-order valence-electron chi connectivity index (χ1n) is 23.6. The topological polar surface area (TPSA) is 60.7 Å². The Morgan fingerprint density at radius 3 is 1.64 bits per heavy atom. The molecule has 0 saturated carbocycles. The number of aromatic nitrogens is 2. The monoisotopic (exact) mass is 883 g/mol. The van der Waals surface area contributed by atoms with Crippen LogP contribution in [0.25, 0.3) is 66.1 Å². The molecule has 0 radical (unpaired) electrons. The van der Waals surface area contributed by atoms with Gasteiger partial charge in [0.1, 0.15) is 0 Å². The van der Waals surface area contributed by atoms with Crippen LogP contribution in [0.3, 0.4) is 0 Å². The first-order valence-corrected chi connectivity index (χ1v) is 23.6. The molecule has 0 N–H and O–H groups in total. The Morgan fingerprint density at radius 2 is 0.986 bits per heavy atom. The number of para-hydroxylation sites is 3. The summed E-state index contributed by atoms with van der Waals surface area (Å²) in [5.74, 6) is 0.0773. The molecule has 0 saturated heterocycles. The molecule has 326 valence electrons. The summed E-state index contributed by atoms with van der Waals surface area (Å²) in [5, 5.41) is 24.2. The number of fused-ring (bicyclic) bond motifs is 6. The second-order valence-electron chi connectivity index (χ2n) is 17.9. The van der Waals surface area contributed by atoms with Crippen LogP contribution in [0.4, 0.5) is 17.1 Å². The lowest BCUT2D eigenvalue weighted by molar-refractivity contribution is 0.806. The van der Waals surface area contributed by atoms with Crippen LogP contribution in [-0.4, -0.2) is 9.13 Å². The number of rotatable bonds is 10. The van der Waals surface area contributed by atoms with Crippen LogP contribution < -0.4 is 4.90 Å². The van der Waals surface area contributed by atoms with Crippen molar-refractivity contribution in [1.29, 1.82) is 10.5 Å². The van der Waals surface area contributed by atoms with Crippen molar-refractivity contribution in [3.8, 4) is 29.0 Å². The van der Waals surface area contributed by atoms with Crippen molar-refractivity contribution < 1.29 is 0 Å². The zero-order valence-electron chi connectivity index (χ0n) is 37.9. The summed E-state index contributed by atoms with van der Waals surface area (Å²) in [4.78, 5) is 2.27. The van der Waals surface area contributed by atoms with E-state index < -0.39 is 0 Å². The number of anilines is 3. The predicted octanol–water partition coefficient (Wildman–Crippen LogP) is 16.3. The zero-order chi connectivity index (χ0) is 46.3. The number of hydrogen-bond acceptors (Lipinski definition) is 3. The van der Waals surface area contributed by atoms with Gasteiger partial charge < -0.3 is 14.0 Å². The molecule has 1 unspecified atom stereocenters. The maximum Gasteiger partial charge on any atom is 0.0991 e. The van der Waals surface area contributed by atoms with E-state index in [1.165, 1.54) is 55.0 Å². The van der Waals surface area contributed by atoms with Gasteiger partial charge in [-0.2, -0.15) is 10.5 Å². The molecule has 12 rings (SSSR count). The van der Waals surface area contributed by atoms with Crippen LogP contribution in [0.15, 0.2) is 231 Å². The second-order valence-corrected chi connectivity index (χ2v) is 17.9. The molecule has 0 bridgehead atoms. The van der Waals surface area contributed by atoms with E-state index >= 15 is 0 Å². The highest BCUT2D eigenvalue weighted by atomic mass is 15.1. The molecule has 1 atom stereocenters. The van der Waals surface area contributed by atoms with E-state index in [1.807, 2.05) is 36.4 Å². The van der Waals surface area contributed by atoms with Crippen molar-refractivity contribution in [2.45, 2.75) is 25.2 Å². The fourth-order valence-corrected chi connectivity index (χ4v) is 10.5. The van der Waals surface area contributed by atoms with Gasteiger partial charge >= 0.3 is 0 Å². The van der Waals surface area contributed by atoms with Gasteiger partial charge in [-0.05, 0) is 156 Å². The molecule has 9 aromatic carbocycles. The van der Waals surface area contributed by atoms with E-state index in [9.17, 15) is 10.5 Å². The van der Waals surface area contributed by atoms with E-state index in [0.717, 1.165) is 64.2 Å².